The van der Waals surface area contributed by atoms with Gasteiger partial charge in [-0.1, -0.05) is 32.4 Å². The molecule has 2 aliphatic rings. The lowest BCUT2D eigenvalue weighted by Crippen LogP contribution is -2.58. The molecule has 3 rings (SSSR count). The summed E-state index contributed by atoms with van der Waals surface area (Å²) in [5, 5.41) is 3.53. The van der Waals surface area contributed by atoms with E-state index in [4.69, 9.17) is 16.5 Å². The van der Waals surface area contributed by atoms with Crippen LogP contribution in [0, 0.1) is 5.92 Å². The summed E-state index contributed by atoms with van der Waals surface area (Å²) < 4.78 is 0. The molecule has 0 bridgehead atoms. The highest BCUT2D eigenvalue weighted by atomic mass is 15.4. The zero-order chi connectivity index (χ0) is 17.2. The summed E-state index contributed by atoms with van der Waals surface area (Å²) in [6.07, 6.45) is 5.38. The molecule has 0 atom stereocenters. The molecule has 130 valence electrons. The van der Waals surface area contributed by atoms with E-state index >= 15 is 0 Å². The number of rotatable bonds is 4. The van der Waals surface area contributed by atoms with Crippen molar-refractivity contribution < 1.29 is 0 Å². The summed E-state index contributed by atoms with van der Waals surface area (Å²) in [7, 11) is 0. The lowest BCUT2D eigenvalue weighted by Gasteiger charge is -2.46. The molecule has 1 aliphatic heterocycles. The largest absolute Gasteiger partial charge is 0.383 e. The van der Waals surface area contributed by atoms with Gasteiger partial charge in [-0.25, -0.2) is 4.99 Å². The van der Waals surface area contributed by atoms with Crippen molar-refractivity contribution in [3.8, 4) is 0 Å². The number of aliphatic imine (C=N–C) groups is 2. The van der Waals surface area contributed by atoms with Crippen molar-refractivity contribution in [2.75, 3.05) is 16.8 Å². The van der Waals surface area contributed by atoms with Crippen LogP contribution >= 0.6 is 0 Å². The molecule has 0 radical (unpaired) electrons. The summed E-state index contributed by atoms with van der Waals surface area (Å²) in [6.45, 7) is 5.29. The van der Waals surface area contributed by atoms with Crippen LogP contribution in [0.15, 0.2) is 34.3 Å². The predicted octanol–water partition coefficient (Wildman–Crippen LogP) is 2.86. The molecule has 1 heterocycles. The molecule has 1 fully saturated rings. The SMILES string of the molecule is CC(C)CNc1ccccc1N1C(N)=NC(N)=NC12CCCCC2. The van der Waals surface area contributed by atoms with Gasteiger partial charge < -0.3 is 16.8 Å². The molecule has 1 aromatic carbocycles. The molecular formula is C18H28N6. The summed E-state index contributed by atoms with van der Waals surface area (Å²) in [5.74, 6) is 1.28. The Morgan fingerprint density at radius 3 is 2.58 bits per heavy atom. The summed E-state index contributed by atoms with van der Waals surface area (Å²) in [6, 6.07) is 8.23. The van der Waals surface area contributed by atoms with Crippen LogP contribution in [0.4, 0.5) is 11.4 Å². The maximum Gasteiger partial charge on any atom is 0.220 e. The molecule has 0 amide bonds. The lowest BCUT2D eigenvalue weighted by atomic mass is 9.87. The first-order valence-corrected chi connectivity index (χ1v) is 8.84. The predicted molar refractivity (Wildman–Crippen MR) is 101 cm³/mol. The summed E-state index contributed by atoms with van der Waals surface area (Å²) in [4.78, 5) is 11.1. The van der Waals surface area contributed by atoms with Crippen molar-refractivity contribution in [2.45, 2.75) is 51.6 Å². The van der Waals surface area contributed by atoms with Gasteiger partial charge in [0.1, 0.15) is 5.66 Å². The van der Waals surface area contributed by atoms with Gasteiger partial charge in [0.15, 0.2) is 0 Å². The molecule has 6 nitrogen and oxygen atoms in total. The minimum atomic E-state index is -0.399. The van der Waals surface area contributed by atoms with Gasteiger partial charge in [-0.05, 0) is 43.7 Å². The van der Waals surface area contributed by atoms with Crippen molar-refractivity contribution >= 4 is 23.3 Å². The van der Waals surface area contributed by atoms with E-state index in [0.717, 1.165) is 43.6 Å². The van der Waals surface area contributed by atoms with Crippen LogP contribution in [0.5, 0.6) is 0 Å². The van der Waals surface area contributed by atoms with E-state index in [-0.39, 0.29) is 0 Å². The van der Waals surface area contributed by atoms with E-state index in [0.29, 0.717) is 17.8 Å². The number of hydrogen-bond acceptors (Lipinski definition) is 6. The molecule has 1 spiro atoms. The monoisotopic (exact) mass is 328 g/mol. The Balaban J connectivity index is 2.01. The molecule has 1 saturated carbocycles. The van der Waals surface area contributed by atoms with Crippen molar-refractivity contribution in [3.63, 3.8) is 0 Å². The van der Waals surface area contributed by atoms with Gasteiger partial charge in [-0.15, -0.1) is 0 Å². The van der Waals surface area contributed by atoms with E-state index in [9.17, 15) is 0 Å². The smallest absolute Gasteiger partial charge is 0.220 e. The van der Waals surface area contributed by atoms with Crippen molar-refractivity contribution in [1.82, 2.24) is 0 Å². The molecule has 0 aromatic heterocycles. The second kappa shape index (κ2) is 6.71. The van der Waals surface area contributed by atoms with Crippen LogP contribution in [0.2, 0.25) is 0 Å². The quantitative estimate of drug-likeness (QED) is 0.792. The van der Waals surface area contributed by atoms with Crippen LogP contribution in [0.3, 0.4) is 0 Å². The number of benzene rings is 1. The van der Waals surface area contributed by atoms with Gasteiger partial charge >= 0.3 is 0 Å². The first kappa shape index (κ1) is 16.6. The molecular weight excluding hydrogens is 300 g/mol. The third kappa shape index (κ3) is 3.18. The Kier molecular flexibility index (Phi) is 4.64. The second-order valence-electron chi connectivity index (χ2n) is 7.11. The Morgan fingerprint density at radius 2 is 1.88 bits per heavy atom. The second-order valence-corrected chi connectivity index (χ2v) is 7.11. The first-order valence-electron chi connectivity index (χ1n) is 8.84. The minimum absolute atomic E-state index is 0.290. The zero-order valence-corrected chi connectivity index (χ0v) is 14.6. The minimum Gasteiger partial charge on any atom is -0.383 e. The maximum atomic E-state index is 6.32. The van der Waals surface area contributed by atoms with Gasteiger partial charge in [-0.2, -0.15) is 4.99 Å². The maximum absolute atomic E-state index is 6.32. The molecule has 6 heteroatoms. The average molecular weight is 328 g/mol. The average Bonchev–Trinajstić information content (AvgIpc) is 2.53. The third-order valence-corrected chi connectivity index (χ3v) is 4.70. The van der Waals surface area contributed by atoms with Crippen molar-refractivity contribution in [1.29, 1.82) is 0 Å². The molecule has 0 unspecified atom stereocenters. The fourth-order valence-electron chi connectivity index (χ4n) is 3.60. The van der Waals surface area contributed by atoms with Crippen LogP contribution in [0.25, 0.3) is 0 Å². The fraction of sp³-hybridized carbons (Fsp3) is 0.556. The number of nitrogens with one attached hydrogen (secondary N) is 1. The van der Waals surface area contributed by atoms with E-state index in [1.807, 2.05) is 12.1 Å². The Hall–Kier alpha value is -2.24. The Bertz CT molecular complexity index is 643. The molecule has 1 aromatic rings. The van der Waals surface area contributed by atoms with Gasteiger partial charge in [0.05, 0.1) is 11.4 Å². The molecule has 1 aliphatic carbocycles. The summed E-state index contributed by atoms with van der Waals surface area (Å²) >= 11 is 0. The third-order valence-electron chi connectivity index (χ3n) is 4.70. The summed E-state index contributed by atoms with van der Waals surface area (Å²) in [5.41, 5.74) is 14.0. The van der Waals surface area contributed by atoms with Crippen molar-refractivity contribution in [2.24, 2.45) is 27.4 Å². The number of guanidine groups is 2. The lowest BCUT2D eigenvalue weighted by molar-refractivity contribution is 0.305. The molecule has 0 saturated heterocycles. The topological polar surface area (TPSA) is 92.0 Å². The Labute approximate surface area is 144 Å². The molecule has 5 N–H and O–H groups in total. The van der Waals surface area contributed by atoms with E-state index < -0.39 is 5.66 Å². The number of nitrogens with zero attached hydrogens (tertiary/aromatic N) is 3. The van der Waals surface area contributed by atoms with Gasteiger partial charge in [0.2, 0.25) is 11.9 Å². The normalized spacial score (nSPS) is 20.0. The van der Waals surface area contributed by atoms with Crippen LogP contribution in [-0.4, -0.2) is 24.1 Å². The van der Waals surface area contributed by atoms with Crippen LogP contribution in [0.1, 0.15) is 46.0 Å². The van der Waals surface area contributed by atoms with E-state index in [1.165, 1.54) is 6.42 Å². The van der Waals surface area contributed by atoms with Crippen LogP contribution in [-0.2, 0) is 0 Å². The Morgan fingerprint density at radius 1 is 1.17 bits per heavy atom. The van der Waals surface area contributed by atoms with Gasteiger partial charge in [-0.3, -0.25) is 4.90 Å². The highest BCUT2D eigenvalue weighted by Gasteiger charge is 2.43. The highest BCUT2D eigenvalue weighted by molar-refractivity contribution is 6.07. The van der Waals surface area contributed by atoms with E-state index in [2.05, 4.69) is 41.2 Å². The standard InChI is InChI=1S/C18H28N6/c1-13(2)12-21-14-8-4-5-9-15(14)24-17(20)22-16(19)23-18(24)10-6-3-7-11-18/h4-5,8-9,13,21H,3,6-7,10-12H2,1-2H3,(H4,19,20,22,23). The number of para-hydroxylation sites is 2. The highest BCUT2D eigenvalue weighted by Crippen LogP contribution is 2.41. The number of anilines is 2. The number of nitrogens with two attached hydrogens (primary N) is 2. The van der Waals surface area contributed by atoms with Crippen molar-refractivity contribution in [3.05, 3.63) is 24.3 Å². The first-order chi connectivity index (χ1) is 11.5. The fourth-order valence-corrected chi connectivity index (χ4v) is 3.60. The van der Waals surface area contributed by atoms with Gasteiger partial charge in [0.25, 0.3) is 0 Å². The zero-order valence-electron chi connectivity index (χ0n) is 14.6. The van der Waals surface area contributed by atoms with Gasteiger partial charge in [0, 0.05) is 6.54 Å². The number of hydrogen-bond donors (Lipinski definition) is 3. The van der Waals surface area contributed by atoms with Crippen LogP contribution < -0.4 is 21.7 Å². The van der Waals surface area contributed by atoms with E-state index in [1.54, 1.807) is 0 Å². The molecule has 24 heavy (non-hydrogen) atoms.